The molecule has 1 saturated heterocycles. The van der Waals surface area contributed by atoms with Gasteiger partial charge in [-0.15, -0.1) is 12.4 Å². The lowest BCUT2D eigenvalue weighted by molar-refractivity contribution is -0.137. The maximum Gasteiger partial charge on any atom is 0.242 e. The van der Waals surface area contributed by atoms with Crippen LogP contribution in [0.15, 0.2) is 0 Å². The van der Waals surface area contributed by atoms with Crippen molar-refractivity contribution in [1.29, 1.82) is 0 Å². The van der Waals surface area contributed by atoms with E-state index in [9.17, 15) is 4.79 Å². The van der Waals surface area contributed by atoms with E-state index in [1.54, 1.807) is 13.8 Å². The first-order chi connectivity index (χ1) is 5.91. The van der Waals surface area contributed by atoms with E-state index in [0.717, 1.165) is 19.5 Å². The van der Waals surface area contributed by atoms with Gasteiger partial charge in [0.15, 0.2) is 0 Å². The summed E-state index contributed by atoms with van der Waals surface area (Å²) in [6.45, 7) is 7.48. The van der Waals surface area contributed by atoms with Gasteiger partial charge < -0.3 is 10.6 Å². The highest BCUT2D eigenvalue weighted by molar-refractivity contribution is 5.85. The summed E-state index contributed by atoms with van der Waals surface area (Å²) in [6, 6.07) is 0. The third-order valence-electron chi connectivity index (χ3n) is 2.50. The number of carbonyl (C=O) groups excluding carboxylic acids is 1. The largest absolute Gasteiger partial charge is 0.341 e. The van der Waals surface area contributed by atoms with Crippen molar-refractivity contribution in [3.05, 3.63) is 0 Å². The number of hydrogen-bond donors (Lipinski definition) is 1. The van der Waals surface area contributed by atoms with Crippen molar-refractivity contribution in [2.45, 2.75) is 39.2 Å². The number of nitrogens with zero attached hydrogens (tertiary/aromatic N) is 1. The van der Waals surface area contributed by atoms with Crippen molar-refractivity contribution in [3.63, 3.8) is 0 Å². The molecule has 1 rings (SSSR count). The van der Waals surface area contributed by atoms with Crippen molar-refractivity contribution < 1.29 is 4.79 Å². The topological polar surface area (TPSA) is 46.3 Å². The molecule has 0 aliphatic carbocycles. The van der Waals surface area contributed by atoms with Crippen molar-refractivity contribution in [2.24, 2.45) is 11.7 Å². The number of rotatable bonds is 1. The second-order valence-corrected chi connectivity index (χ2v) is 4.72. The van der Waals surface area contributed by atoms with E-state index >= 15 is 0 Å². The van der Waals surface area contributed by atoms with Gasteiger partial charge in [-0.05, 0) is 32.6 Å². The van der Waals surface area contributed by atoms with Crippen LogP contribution in [0.25, 0.3) is 0 Å². The van der Waals surface area contributed by atoms with Crippen molar-refractivity contribution in [2.75, 3.05) is 13.1 Å². The molecule has 1 amide bonds. The van der Waals surface area contributed by atoms with Gasteiger partial charge in [-0.25, -0.2) is 0 Å². The molecule has 0 bridgehead atoms. The lowest BCUT2D eigenvalue weighted by Gasteiger charge is -2.35. The minimum absolute atomic E-state index is 0. The van der Waals surface area contributed by atoms with Crippen LogP contribution >= 0.6 is 12.4 Å². The average Bonchev–Trinajstić information content (AvgIpc) is 2.01. The fraction of sp³-hybridized carbons (Fsp3) is 0.900. The van der Waals surface area contributed by atoms with Gasteiger partial charge in [-0.2, -0.15) is 0 Å². The van der Waals surface area contributed by atoms with Crippen LogP contribution in [-0.4, -0.2) is 29.4 Å². The lowest BCUT2D eigenvalue weighted by Crippen LogP contribution is -2.53. The summed E-state index contributed by atoms with van der Waals surface area (Å²) in [5.74, 6) is 0.708. The standard InChI is InChI=1S/C10H20N2O.ClH/c1-8-5-4-6-12(7-8)9(13)10(2,3)11;/h8H,4-7,11H2,1-3H3;1H. The van der Waals surface area contributed by atoms with Crippen molar-refractivity contribution in [1.82, 2.24) is 4.90 Å². The quantitative estimate of drug-likeness (QED) is 0.726. The number of hydrogen-bond acceptors (Lipinski definition) is 2. The van der Waals surface area contributed by atoms with Crippen LogP contribution in [0.4, 0.5) is 0 Å². The van der Waals surface area contributed by atoms with Gasteiger partial charge in [-0.1, -0.05) is 6.92 Å². The zero-order valence-electron chi connectivity index (χ0n) is 9.25. The molecule has 0 radical (unpaired) electrons. The summed E-state index contributed by atoms with van der Waals surface area (Å²) in [7, 11) is 0. The Kier molecular flexibility index (Phi) is 4.89. The highest BCUT2D eigenvalue weighted by atomic mass is 35.5. The summed E-state index contributed by atoms with van der Waals surface area (Å²) < 4.78 is 0. The van der Waals surface area contributed by atoms with Crippen LogP contribution in [0.1, 0.15) is 33.6 Å². The van der Waals surface area contributed by atoms with Gasteiger partial charge in [-0.3, -0.25) is 4.79 Å². The molecule has 3 nitrogen and oxygen atoms in total. The maximum absolute atomic E-state index is 11.8. The number of nitrogens with two attached hydrogens (primary N) is 1. The number of piperidine rings is 1. The number of carbonyl (C=O) groups is 1. The first-order valence-electron chi connectivity index (χ1n) is 4.99. The molecule has 1 fully saturated rings. The molecule has 0 aromatic rings. The van der Waals surface area contributed by atoms with Gasteiger partial charge in [0, 0.05) is 13.1 Å². The van der Waals surface area contributed by atoms with Gasteiger partial charge >= 0.3 is 0 Å². The normalized spacial score (nSPS) is 22.9. The molecule has 0 aromatic heterocycles. The number of amides is 1. The van der Waals surface area contributed by atoms with Gasteiger partial charge in [0.25, 0.3) is 0 Å². The molecule has 1 atom stereocenters. The van der Waals surface area contributed by atoms with Gasteiger partial charge in [0.1, 0.15) is 0 Å². The molecule has 1 unspecified atom stereocenters. The highest BCUT2D eigenvalue weighted by Gasteiger charge is 2.30. The fourth-order valence-electron chi connectivity index (χ4n) is 1.78. The molecule has 1 heterocycles. The lowest BCUT2D eigenvalue weighted by atomic mass is 9.97. The molecule has 0 aromatic carbocycles. The zero-order valence-corrected chi connectivity index (χ0v) is 10.1. The van der Waals surface area contributed by atoms with Crippen molar-refractivity contribution >= 4 is 18.3 Å². The number of halogens is 1. The second-order valence-electron chi connectivity index (χ2n) is 4.72. The van der Waals surface area contributed by atoms with Gasteiger partial charge in [0.2, 0.25) is 5.91 Å². The SMILES string of the molecule is CC1CCCN(C(=O)C(C)(C)N)C1.Cl. The predicted molar refractivity (Wildman–Crippen MR) is 60.5 cm³/mol. The Morgan fingerprint density at radius 3 is 2.50 bits per heavy atom. The molecule has 4 heteroatoms. The molecule has 14 heavy (non-hydrogen) atoms. The molecule has 1 aliphatic rings. The Labute approximate surface area is 92.4 Å². The molecule has 84 valence electrons. The Morgan fingerprint density at radius 1 is 1.50 bits per heavy atom. The summed E-state index contributed by atoms with van der Waals surface area (Å²) in [5.41, 5.74) is 5.05. The smallest absolute Gasteiger partial charge is 0.242 e. The first kappa shape index (κ1) is 13.7. The summed E-state index contributed by atoms with van der Waals surface area (Å²) in [5, 5.41) is 0. The van der Waals surface area contributed by atoms with E-state index in [0.29, 0.717) is 5.92 Å². The van der Waals surface area contributed by atoms with E-state index in [2.05, 4.69) is 6.92 Å². The van der Waals surface area contributed by atoms with E-state index in [1.165, 1.54) is 6.42 Å². The molecular weight excluding hydrogens is 200 g/mol. The van der Waals surface area contributed by atoms with E-state index in [-0.39, 0.29) is 18.3 Å². The third-order valence-corrected chi connectivity index (χ3v) is 2.50. The molecule has 2 N–H and O–H groups in total. The van der Waals surface area contributed by atoms with Crippen LogP contribution in [0.2, 0.25) is 0 Å². The molecule has 0 spiro atoms. The van der Waals surface area contributed by atoms with Crippen LogP contribution in [0.5, 0.6) is 0 Å². The Bertz CT molecular complexity index is 201. The Morgan fingerprint density at radius 2 is 2.07 bits per heavy atom. The summed E-state index contributed by atoms with van der Waals surface area (Å²) >= 11 is 0. The summed E-state index contributed by atoms with van der Waals surface area (Å²) in [6.07, 6.45) is 2.35. The average molecular weight is 221 g/mol. The van der Waals surface area contributed by atoms with E-state index in [4.69, 9.17) is 5.73 Å². The maximum atomic E-state index is 11.8. The molecule has 1 aliphatic heterocycles. The van der Waals surface area contributed by atoms with Crippen LogP contribution in [-0.2, 0) is 4.79 Å². The van der Waals surface area contributed by atoms with Crippen LogP contribution in [0.3, 0.4) is 0 Å². The van der Waals surface area contributed by atoms with Crippen LogP contribution < -0.4 is 5.73 Å². The third kappa shape index (κ3) is 3.46. The minimum atomic E-state index is -0.711. The monoisotopic (exact) mass is 220 g/mol. The van der Waals surface area contributed by atoms with Gasteiger partial charge in [0.05, 0.1) is 5.54 Å². The van der Waals surface area contributed by atoms with Crippen molar-refractivity contribution in [3.8, 4) is 0 Å². The Hall–Kier alpha value is -0.280. The zero-order chi connectivity index (χ0) is 10.1. The van der Waals surface area contributed by atoms with E-state index in [1.807, 2.05) is 4.90 Å². The minimum Gasteiger partial charge on any atom is -0.341 e. The fourth-order valence-corrected chi connectivity index (χ4v) is 1.78. The Balaban J connectivity index is 0.00000169. The number of likely N-dealkylation sites (tertiary alicyclic amines) is 1. The predicted octanol–water partition coefficient (Wildman–Crippen LogP) is 1.40. The molecular formula is C10H21ClN2O. The molecule has 0 saturated carbocycles. The van der Waals surface area contributed by atoms with Crippen LogP contribution in [0, 0.1) is 5.92 Å². The summed E-state index contributed by atoms with van der Waals surface area (Å²) in [4.78, 5) is 13.7. The highest BCUT2D eigenvalue weighted by Crippen LogP contribution is 2.17. The first-order valence-corrected chi connectivity index (χ1v) is 4.99. The van der Waals surface area contributed by atoms with E-state index < -0.39 is 5.54 Å². The second kappa shape index (κ2) is 4.99.